The number of benzene rings is 1. The third-order valence-corrected chi connectivity index (χ3v) is 2.88. The van der Waals surface area contributed by atoms with E-state index in [-0.39, 0.29) is 11.7 Å². The number of hydrogen-bond donors (Lipinski definition) is 2. The summed E-state index contributed by atoms with van der Waals surface area (Å²) in [6.07, 6.45) is 2.46. The number of aromatic nitrogens is 1. The van der Waals surface area contributed by atoms with E-state index in [9.17, 15) is 9.90 Å². The van der Waals surface area contributed by atoms with Crippen LogP contribution in [0.2, 0.25) is 0 Å². The number of rotatable bonds is 4. The summed E-state index contributed by atoms with van der Waals surface area (Å²) >= 11 is 0. The van der Waals surface area contributed by atoms with E-state index in [0.717, 1.165) is 11.1 Å². The maximum atomic E-state index is 11.8. The normalized spacial score (nSPS) is 10.2. The average Bonchev–Trinajstić information content (AvgIpc) is 2.40. The van der Waals surface area contributed by atoms with Crippen molar-refractivity contribution >= 4 is 11.7 Å². The first-order valence-electron chi connectivity index (χ1n) is 6.15. The lowest BCUT2D eigenvalue weighted by Crippen LogP contribution is -2.14. The Morgan fingerprint density at radius 2 is 2.05 bits per heavy atom. The second-order valence-corrected chi connectivity index (χ2v) is 4.35. The van der Waals surface area contributed by atoms with Gasteiger partial charge in [0.2, 0.25) is 5.91 Å². The minimum atomic E-state index is -0.106. The molecule has 1 amide bonds. The summed E-state index contributed by atoms with van der Waals surface area (Å²) < 4.78 is 0. The topological polar surface area (TPSA) is 62.2 Å². The molecule has 0 radical (unpaired) electrons. The standard InChI is InChI=1S/C15H16N2O2/c1-11-5-4-10-16-15(11)17-14(19)9-8-12-6-2-3-7-13(12)18/h2-7,10,18H,8-9H2,1H3,(H,16,17,19). The second-order valence-electron chi connectivity index (χ2n) is 4.35. The number of pyridine rings is 1. The monoisotopic (exact) mass is 256 g/mol. The van der Waals surface area contributed by atoms with Gasteiger partial charge in [-0.2, -0.15) is 0 Å². The summed E-state index contributed by atoms with van der Waals surface area (Å²) in [5.41, 5.74) is 1.70. The van der Waals surface area contributed by atoms with Crippen LogP contribution in [0, 0.1) is 6.92 Å². The highest BCUT2D eigenvalue weighted by Gasteiger charge is 2.07. The number of anilines is 1. The molecule has 0 aliphatic heterocycles. The van der Waals surface area contributed by atoms with Crippen molar-refractivity contribution in [3.63, 3.8) is 0 Å². The predicted molar refractivity (Wildman–Crippen MR) is 74.0 cm³/mol. The van der Waals surface area contributed by atoms with Gasteiger partial charge in [-0.3, -0.25) is 4.79 Å². The molecular formula is C15H16N2O2. The molecule has 0 bridgehead atoms. The number of aromatic hydroxyl groups is 1. The first-order chi connectivity index (χ1) is 9.16. The largest absolute Gasteiger partial charge is 0.508 e. The van der Waals surface area contributed by atoms with E-state index >= 15 is 0 Å². The van der Waals surface area contributed by atoms with Gasteiger partial charge in [0.15, 0.2) is 0 Å². The highest BCUT2D eigenvalue weighted by Crippen LogP contribution is 2.17. The van der Waals surface area contributed by atoms with Gasteiger partial charge in [-0.25, -0.2) is 4.98 Å². The van der Waals surface area contributed by atoms with Gasteiger partial charge in [-0.05, 0) is 36.6 Å². The summed E-state index contributed by atoms with van der Waals surface area (Å²) in [7, 11) is 0. The minimum Gasteiger partial charge on any atom is -0.508 e. The molecule has 0 atom stereocenters. The molecular weight excluding hydrogens is 240 g/mol. The van der Waals surface area contributed by atoms with Crippen molar-refractivity contribution in [2.75, 3.05) is 5.32 Å². The van der Waals surface area contributed by atoms with Gasteiger partial charge in [0, 0.05) is 12.6 Å². The van der Waals surface area contributed by atoms with Crippen LogP contribution in [-0.2, 0) is 11.2 Å². The van der Waals surface area contributed by atoms with E-state index in [4.69, 9.17) is 0 Å². The molecule has 2 N–H and O–H groups in total. The Kier molecular flexibility index (Phi) is 4.13. The van der Waals surface area contributed by atoms with Crippen LogP contribution in [0.3, 0.4) is 0 Å². The lowest BCUT2D eigenvalue weighted by Gasteiger charge is -2.07. The maximum absolute atomic E-state index is 11.8. The van der Waals surface area contributed by atoms with Crippen LogP contribution in [0.15, 0.2) is 42.6 Å². The van der Waals surface area contributed by atoms with E-state index in [2.05, 4.69) is 10.3 Å². The number of aryl methyl sites for hydroxylation is 2. The molecule has 1 heterocycles. The fourth-order valence-electron chi connectivity index (χ4n) is 1.78. The minimum absolute atomic E-state index is 0.106. The maximum Gasteiger partial charge on any atom is 0.225 e. The number of para-hydroxylation sites is 1. The average molecular weight is 256 g/mol. The summed E-state index contributed by atoms with van der Waals surface area (Å²) in [6, 6.07) is 10.8. The lowest BCUT2D eigenvalue weighted by atomic mass is 10.1. The Balaban J connectivity index is 1.92. The van der Waals surface area contributed by atoms with Gasteiger partial charge in [0.25, 0.3) is 0 Å². The van der Waals surface area contributed by atoms with E-state index in [1.165, 1.54) is 0 Å². The second kappa shape index (κ2) is 6.00. The predicted octanol–water partition coefficient (Wildman–Crippen LogP) is 2.67. The lowest BCUT2D eigenvalue weighted by molar-refractivity contribution is -0.116. The highest BCUT2D eigenvalue weighted by molar-refractivity contribution is 5.90. The third kappa shape index (κ3) is 3.55. The van der Waals surface area contributed by atoms with Gasteiger partial charge in [-0.15, -0.1) is 0 Å². The molecule has 0 saturated carbocycles. The number of carbonyl (C=O) groups excluding carboxylic acids is 1. The fourth-order valence-corrected chi connectivity index (χ4v) is 1.78. The molecule has 1 aromatic heterocycles. The van der Waals surface area contributed by atoms with Crippen LogP contribution >= 0.6 is 0 Å². The highest BCUT2D eigenvalue weighted by atomic mass is 16.3. The van der Waals surface area contributed by atoms with E-state index in [1.807, 2.05) is 31.2 Å². The van der Waals surface area contributed by atoms with Crippen molar-refractivity contribution in [1.82, 2.24) is 4.98 Å². The Labute approximate surface area is 112 Å². The molecule has 4 nitrogen and oxygen atoms in total. The zero-order valence-corrected chi connectivity index (χ0v) is 10.8. The van der Waals surface area contributed by atoms with Crippen molar-refractivity contribution in [2.24, 2.45) is 0 Å². The van der Waals surface area contributed by atoms with E-state index in [0.29, 0.717) is 18.7 Å². The van der Waals surface area contributed by atoms with Crippen molar-refractivity contribution < 1.29 is 9.90 Å². The molecule has 0 unspecified atom stereocenters. The van der Waals surface area contributed by atoms with E-state index in [1.54, 1.807) is 18.3 Å². The molecule has 19 heavy (non-hydrogen) atoms. The Hall–Kier alpha value is -2.36. The quantitative estimate of drug-likeness (QED) is 0.884. The number of amides is 1. The molecule has 0 spiro atoms. The van der Waals surface area contributed by atoms with Gasteiger partial charge >= 0.3 is 0 Å². The van der Waals surface area contributed by atoms with Crippen LogP contribution in [0.1, 0.15) is 17.5 Å². The number of carbonyl (C=O) groups is 1. The summed E-state index contributed by atoms with van der Waals surface area (Å²) in [6.45, 7) is 1.89. The summed E-state index contributed by atoms with van der Waals surface area (Å²) in [5.74, 6) is 0.708. The molecule has 0 aliphatic rings. The summed E-state index contributed by atoms with van der Waals surface area (Å²) in [4.78, 5) is 15.9. The van der Waals surface area contributed by atoms with Crippen LogP contribution in [0.5, 0.6) is 5.75 Å². The smallest absolute Gasteiger partial charge is 0.225 e. The molecule has 0 saturated heterocycles. The Morgan fingerprint density at radius 3 is 2.79 bits per heavy atom. The van der Waals surface area contributed by atoms with E-state index < -0.39 is 0 Å². The zero-order chi connectivity index (χ0) is 13.7. The molecule has 2 rings (SSSR count). The van der Waals surface area contributed by atoms with Crippen LogP contribution in [0.25, 0.3) is 0 Å². The molecule has 1 aromatic carbocycles. The van der Waals surface area contributed by atoms with Crippen LogP contribution in [0.4, 0.5) is 5.82 Å². The number of phenols is 1. The van der Waals surface area contributed by atoms with Gasteiger partial charge in [0.1, 0.15) is 11.6 Å². The SMILES string of the molecule is Cc1cccnc1NC(=O)CCc1ccccc1O. The van der Waals surface area contributed by atoms with Gasteiger partial charge in [-0.1, -0.05) is 24.3 Å². The van der Waals surface area contributed by atoms with Crippen LogP contribution < -0.4 is 5.32 Å². The van der Waals surface area contributed by atoms with Gasteiger partial charge in [0.05, 0.1) is 0 Å². The van der Waals surface area contributed by atoms with Gasteiger partial charge < -0.3 is 10.4 Å². The number of phenolic OH excluding ortho intramolecular Hbond substituents is 1. The van der Waals surface area contributed by atoms with Crippen molar-refractivity contribution in [3.8, 4) is 5.75 Å². The number of hydrogen-bond acceptors (Lipinski definition) is 3. The van der Waals surface area contributed by atoms with Crippen molar-refractivity contribution in [3.05, 3.63) is 53.7 Å². The number of nitrogens with one attached hydrogen (secondary N) is 1. The molecule has 2 aromatic rings. The Morgan fingerprint density at radius 1 is 1.26 bits per heavy atom. The third-order valence-electron chi connectivity index (χ3n) is 2.88. The van der Waals surface area contributed by atoms with Crippen molar-refractivity contribution in [1.29, 1.82) is 0 Å². The molecule has 0 aliphatic carbocycles. The number of nitrogens with zero attached hydrogens (tertiary/aromatic N) is 1. The molecule has 4 heteroatoms. The van der Waals surface area contributed by atoms with Crippen molar-refractivity contribution in [2.45, 2.75) is 19.8 Å². The fraction of sp³-hybridized carbons (Fsp3) is 0.200. The first kappa shape index (κ1) is 13.1. The zero-order valence-electron chi connectivity index (χ0n) is 10.8. The van der Waals surface area contributed by atoms with Crippen LogP contribution in [-0.4, -0.2) is 16.0 Å². The molecule has 0 fully saturated rings. The summed E-state index contributed by atoms with van der Waals surface area (Å²) in [5, 5.41) is 12.4. The molecule has 98 valence electrons. The Bertz CT molecular complexity index is 582. The first-order valence-corrected chi connectivity index (χ1v) is 6.15.